The third kappa shape index (κ3) is 1.96. The molecule has 1 aliphatic heterocycles. The van der Waals surface area contributed by atoms with Crippen LogP contribution in [0, 0.1) is 5.92 Å². The van der Waals surface area contributed by atoms with E-state index in [1.165, 1.54) is 19.4 Å². The number of hydrogen-bond acceptors (Lipinski definition) is 2. The van der Waals surface area contributed by atoms with Crippen LogP contribution in [0.1, 0.15) is 26.2 Å². The van der Waals surface area contributed by atoms with Gasteiger partial charge in [0.2, 0.25) is 0 Å². The van der Waals surface area contributed by atoms with Crippen LogP contribution in [-0.4, -0.2) is 19.1 Å². The second-order valence-corrected chi connectivity index (χ2v) is 3.19. The quantitative estimate of drug-likeness (QED) is 0.609. The molecule has 2 heteroatoms. The summed E-state index contributed by atoms with van der Waals surface area (Å²) in [6.07, 6.45) is 3.80. The first-order chi connectivity index (χ1) is 4.86. The smallest absolute Gasteiger partial charge is 0.00822 e. The molecule has 0 spiro atoms. The average Bonchev–Trinajstić information content (AvgIpc) is 2.37. The van der Waals surface area contributed by atoms with Crippen LogP contribution < -0.4 is 11.1 Å². The minimum atomic E-state index is 0.718. The maximum atomic E-state index is 5.46. The van der Waals surface area contributed by atoms with Crippen molar-refractivity contribution < 1.29 is 0 Å². The van der Waals surface area contributed by atoms with Gasteiger partial charge in [-0.1, -0.05) is 13.3 Å². The molecule has 1 saturated heterocycles. The first-order valence-electron chi connectivity index (χ1n) is 4.30. The fourth-order valence-corrected chi connectivity index (χ4v) is 1.63. The fourth-order valence-electron chi connectivity index (χ4n) is 1.63. The van der Waals surface area contributed by atoms with E-state index < -0.39 is 0 Å². The van der Waals surface area contributed by atoms with Crippen molar-refractivity contribution in [3.8, 4) is 0 Å². The van der Waals surface area contributed by atoms with Gasteiger partial charge >= 0.3 is 0 Å². The fraction of sp³-hybridized carbons (Fsp3) is 1.00. The van der Waals surface area contributed by atoms with E-state index in [-0.39, 0.29) is 0 Å². The molecule has 0 aromatic carbocycles. The number of rotatable bonds is 3. The summed E-state index contributed by atoms with van der Waals surface area (Å²) in [4.78, 5) is 0. The molecule has 0 bridgehead atoms. The predicted octanol–water partition coefficient (Wildman–Crippen LogP) is 0.723. The largest absolute Gasteiger partial charge is 0.330 e. The summed E-state index contributed by atoms with van der Waals surface area (Å²) in [5, 5.41) is 3.48. The molecule has 0 aromatic heterocycles. The Labute approximate surface area is 63.2 Å². The van der Waals surface area contributed by atoms with E-state index in [2.05, 4.69) is 12.2 Å². The lowest BCUT2D eigenvalue weighted by Crippen LogP contribution is -2.24. The Balaban J connectivity index is 2.15. The van der Waals surface area contributed by atoms with Crippen LogP contribution in [0.25, 0.3) is 0 Å². The summed E-state index contributed by atoms with van der Waals surface area (Å²) < 4.78 is 0. The third-order valence-corrected chi connectivity index (χ3v) is 2.41. The van der Waals surface area contributed by atoms with E-state index in [4.69, 9.17) is 5.73 Å². The second-order valence-electron chi connectivity index (χ2n) is 3.19. The van der Waals surface area contributed by atoms with Crippen molar-refractivity contribution in [1.82, 2.24) is 5.32 Å². The first kappa shape index (κ1) is 8.02. The van der Waals surface area contributed by atoms with E-state index in [1.807, 2.05) is 0 Å². The predicted molar refractivity (Wildman–Crippen MR) is 43.9 cm³/mol. The standard InChI is InChI=1S/C8H18N2/c1-2-7-5-8(3-4-9)10-6-7/h7-8,10H,2-6,9H2,1H3. The number of nitrogens with two attached hydrogens (primary N) is 1. The minimum absolute atomic E-state index is 0.718. The molecule has 0 amide bonds. The summed E-state index contributed by atoms with van der Waals surface area (Å²) in [7, 11) is 0. The highest BCUT2D eigenvalue weighted by molar-refractivity contribution is 4.80. The van der Waals surface area contributed by atoms with Crippen molar-refractivity contribution in [1.29, 1.82) is 0 Å². The Hall–Kier alpha value is -0.0800. The van der Waals surface area contributed by atoms with Crippen LogP contribution in [-0.2, 0) is 0 Å². The lowest BCUT2D eigenvalue weighted by atomic mass is 10.0. The van der Waals surface area contributed by atoms with E-state index in [9.17, 15) is 0 Å². The second kappa shape index (κ2) is 3.94. The minimum Gasteiger partial charge on any atom is -0.330 e. The summed E-state index contributed by atoms with van der Waals surface area (Å²) >= 11 is 0. The average molecular weight is 142 g/mol. The van der Waals surface area contributed by atoms with Gasteiger partial charge in [-0.05, 0) is 31.8 Å². The summed E-state index contributed by atoms with van der Waals surface area (Å²) in [5.74, 6) is 0.913. The van der Waals surface area contributed by atoms with Crippen molar-refractivity contribution >= 4 is 0 Å². The van der Waals surface area contributed by atoms with Crippen LogP contribution in [0.15, 0.2) is 0 Å². The van der Waals surface area contributed by atoms with Gasteiger partial charge in [-0.15, -0.1) is 0 Å². The van der Waals surface area contributed by atoms with Gasteiger partial charge in [-0.2, -0.15) is 0 Å². The van der Waals surface area contributed by atoms with Crippen LogP contribution >= 0.6 is 0 Å². The zero-order valence-corrected chi connectivity index (χ0v) is 6.77. The maximum Gasteiger partial charge on any atom is 0.00822 e. The van der Waals surface area contributed by atoms with E-state index in [1.54, 1.807) is 0 Å². The molecule has 1 heterocycles. The molecule has 0 aliphatic carbocycles. The van der Waals surface area contributed by atoms with E-state index >= 15 is 0 Å². The molecule has 3 N–H and O–H groups in total. The molecule has 60 valence electrons. The van der Waals surface area contributed by atoms with Gasteiger partial charge in [0.15, 0.2) is 0 Å². The lowest BCUT2D eigenvalue weighted by molar-refractivity contribution is 0.522. The molecule has 1 aliphatic rings. The molecule has 2 nitrogen and oxygen atoms in total. The summed E-state index contributed by atoms with van der Waals surface area (Å²) in [5.41, 5.74) is 5.46. The molecule has 0 aromatic rings. The van der Waals surface area contributed by atoms with Gasteiger partial charge in [0, 0.05) is 6.04 Å². The highest BCUT2D eigenvalue weighted by Gasteiger charge is 2.21. The van der Waals surface area contributed by atoms with Gasteiger partial charge in [-0.3, -0.25) is 0 Å². The molecular weight excluding hydrogens is 124 g/mol. The molecule has 2 atom stereocenters. The van der Waals surface area contributed by atoms with Crippen molar-refractivity contribution in [2.45, 2.75) is 32.2 Å². The van der Waals surface area contributed by atoms with Gasteiger partial charge < -0.3 is 11.1 Å². The number of nitrogens with one attached hydrogen (secondary N) is 1. The third-order valence-electron chi connectivity index (χ3n) is 2.41. The molecule has 0 saturated carbocycles. The van der Waals surface area contributed by atoms with Crippen molar-refractivity contribution in [3.63, 3.8) is 0 Å². The van der Waals surface area contributed by atoms with Crippen molar-refractivity contribution in [2.24, 2.45) is 11.7 Å². The number of hydrogen-bond donors (Lipinski definition) is 2. The topological polar surface area (TPSA) is 38.0 Å². The van der Waals surface area contributed by atoms with Crippen LogP contribution in [0.2, 0.25) is 0 Å². The van der Waals surface area contributed by atoms with Gasteiger partial charge in [0.25, 0.3) is 0 Å². The zero-order chi connectivity index (χ0) is 7.40. The molecular formula is C8H18N2. The summed E-state index contributed by atoms with van der Waals surface area (Å²) in [6, 6.07) is 0.718. The SMILES string of the molecule is CCC1CNC(CCN)C1. The Kier molecular flexibility index (Phi) is 3.16. The molecule has 1 fully saturated rings. The zero-order valence-electron chi connectivity index (χ0n) is 6.77. The summed E-state index contributed by atoms with van der Waals surface area (Å²) in [6.45, 7) is 4.30. The lowest BCUT2D eigenvalue weighted by Gasteiger charge is -2.06. The van der Waals surface area contributed by atoms with Gasteiger partial charge in [0.05, 0.1) is 0 Å². The van der Waals surface area contributed by atoms with Crippen LogP contribution in [0.4, 0.5) is 0 Å². The van der Waals surface area contributed by atoms with E-state index in [0.29, 0.717) is 0 Å². The molecule has 10 heavy (non-hydrogen) atoms. The Morgan fingerprint density at radius 1 is 1.60 bits per heavy atom. The molecule has 2 unspecified atom stereocenters. The maximum absolute atomic E-state index is 5.46. The molecule has 0 radical (unpaired) electrons. The van der Waals surface area contributed by atoms with E-state index in [0.717, 1.165) is 24.9 Å². The van der Waals surface area contributed by atoms with Gasteiger partial charge in [0.1, 0.15) is 0 Å². The van der Waals surface area contributed by atoms with Crippen LogP contribution in [0.5, 0.6) is 0 Å². The monoisotopic (exact) mass is 142 g/mol. The Morgan fingerprint density at radius 3 is 2.90 bits per heavy atom. The normalized spacial score (nSPS) is 33.0. The first-order valence-corrected chi connectivity index (χ1v) is 4.30. The highest BCUT2D eigenvalue weighted by atomic mass is 14.9. The van der Waals surface area contributed by atoms with Crippen LogP contribution in [0.3, 0.4) is 0 Å². The Bertz CT molecular complexity index is 93.3. The Morgan fingerprint density at radius 2 is 2.40 bits per heavy atom. The molecule has 1 rings (SSSR count). The van der Waals surface area contributed by atoms with Gasteiger partial charge in [-0.25, -0.2) is 0 Å². The van der Waals surface area contributed by atoms with Crippen molar-refractivity contribution in [3.05, 3.63) is 0 Å². The van der Waals surface area contributed by atoms with Crippen molar-refractivity contribution in [2.75, 3.05) is 13.1 Å². The highest BCUT2D eigenvalue weighted by Crippen LogP contribution is 2.18.